The van der Waals surface area contributed by atoms with Crippen molar-refractivity contribution >= 4 is 0 Å². The van der Waals surface area contributed by atoms with Gasteiger partial charge in [-0.05, 0) is 49.3 Å². The van der Waals surface area contributed by atoms with Gasteiger partial charge in [0.25, 0.3) is 0 Å². The molecule has 0 aliphatic rings. The molecular weight excluding hydrogens is 194 g/mol. The van der Waals surface area contributed by atoms with E-state index >= 15 is 0 Å². The molecule has 0 N–H and O–H groups in total. The highest BCUT2D eigenvalue weighted by molar-refractivity contribution is 5.32. The maximum atomic E-state index is 4.58. The zero-order valence-electron chi connectivity index (χ0n) is 11.2. The second-order valence-electron chi connectivity index (χ2n) is 4.78. The average molecular weight is 219 g/mol. The fourth-order valence-electron chi connectivity index (χ4n) is 2.42. The number of aryl methyl sites for hydroxylation is 2. The van der Waals surface area contributed by atoms with E-state index < -0.39 is 0 Å². The van der Waals surface area contributed by atoms with E-state index in [9.17, 15) is 0 Å². The summed E-state index contributed by atoms with van der Waals surface area (Å²) in [4.78, 5) is 4.58. The molecule has 16 heavy (non-hydrogen) atoms. The molecule has 1 aromatic rings. The van der Waals surface area contributed by atoms with Crippen LogP contribution in [0.3, 0.4) is 0 Å². The zero-order chi connectivity index (χ0) is 12.0. The summed E-state index contributed by atoms with van der Waals surface area (Å²) in [5.74, 6) is 0.658. The van der Waals surface area contributed by atoms with E-state index in [0.717, 1.165) is 6.42 Å². The van der Waals surface area contributed by atoms with E-state index in [2.05, 4.69) is 38.7 Å². The standard InChI is InChI=1S/C15H25N/c1-5-7-9-14-15(12(3)8-6-2)13(4)10-11-16-14/h10-12H,5-9H2,1-4H3. The minimum absolute atomic E-state index is 0.658. The summed E-state index contributed by atoms with van der Waals surface area (Å²) in [6.07, 6.45) is 8.12. The van der Waals surface area contributed by atoms with Crippen molar-refractivity contribution in [3.63, 3.8) is 0 Å². The molecule has 0 bridgehead atoms. The van der Waals surface area contributed by atoms with Crippen molar-refractivity contribution in [1.29, 1.82) is 0 Å². The Morgan fingerprint density at radius 1 is 1.25 bits per heavy atom. The van der Waals surface area contributed by atoms with Crippen LogP contribution >= 0.6 is 0 Å². The first-order valence-electron chi connectivity index (χ1n) is 6.65. The first-order chi connectivity index (χ1) is 7.70. The maximum Gasteiger partial charge on any atom is 0.0440 e. The molecule has 90 valence electrons. The van der Waals surface area contributed by atoms with Gasteiger partial charge in [0.15, 0.2) is 0 Å². The van der Waals surface area contributed by atoms with Gasteiger partial charge in [-0.1, -0.05) is 33.6 Å². The Balaban J connectivity index is 2.93. The Morgan fingerprint density at radius 3 is 2.62 bits per heavy atom. The van der Waals surface area contributed by atoms with Gasteiger partial charge in [0, 0.05) is 11.9 Å². The first kappa shape index (κ1) is 13.2. The summed E-state index contributed by atoms with van der Waals surface area (Å²) in [5.41, 5.74) is 4.27. The van der Waals surface area contributed by atoms with Gasteiger partial charge in [-0.15, -0.1) is 0 Å². The molecule has 0 fully saturated rings. The topological polar surface area (TPSA) is 12.9 Å². The smallest absolute Gasteiger partial charge is 0.0440 e. The predicted octanol–water partition coefficient (Wildman–Crippen LogP) is 4.64. The van der Waals surface area contributed by atoms with Crippen molar-refractivity contribution in [2.45, 2.75) is 65.7 Å². The van der Waals surface area contributed by atoms with Crippen LogP contribution < -0.4 is 0 Å². The summed E-state index contributed by atoms with van der Waals surface area (Å²) in [6.45, 7) is 9.06. The maximum absolute atomic E-state index is 4.58. The Bertz CT molecular complexity index is 317. The Labute approximate surface area is 100 Å². The van der Waals surface area contributed by atoms with Crippen molar-refractivity contribution in [3.05, 3.63) is 29.1 Å². The van der Waals surface area contributed by atoms with Gasteiger partial charge < -0.3 is 0 Å². The minimum Gasteiger partial charge on any atom is -0.261 e. The zero-order valence-corrected chi connectivity index (χ0v) is 11.2. The van der Waals surface area contributed by atoms with Gasteiger partial charge in [0.1, 0.15) is 0 Å². The van der Waals surface area contributed by atoms with E-state index in [-0.39, 0.29) is 0 Å². The Morgan fingerprint density at radius 2 is 2.00 bits per heavy atom. The van der Waals surface area contributed by atoms with Crippen LogP contribution in [-0.4, -0.2) is 4.98 Å². The lowest BCUT2D eigenvalue weighted by Crippen LogP contribution is -2.05. The fourth-order valence-corrected chi connectivity index (χ4v) is 2.42. The lowest BCUT2D eigenvalue weighted by atomic mass is 9.90. The lowest BCUT2D eigenvalue weighted by molar-refractivity contribution is 0.642. The number of hydrogen-bond donors (Lipinski definition) is 0. The van der Waals surface area contributed by atoms with Crippen molar-refractivity contribution in [3.8, 4) is 0 Å². The molecule has 0 amide bonds. The van der Waals surface area contributed by atoms with Gasteiger partial charge in [0.2, 0.25) is 0 Å². The molecule has 0 aliphatic heterocycles. The van der Waals surface area contributed by atoms with Crippen LogP contribution in [0, 0.1) is 6.92 Å². The van der Waals surface area contributed by atoms with E-state index in [1.165, 1.54) is 42.5 Å². The van der Waals surface area contributed by atoms with Gasteiger partial charge in [0.05, 0.1) is 0 Å². The number of unbranched alkanes of at least 4 members (excludes halogenated alkanes) is 1. The second-order valence-corrected chi connectivity index (χ2v) is 4.78. The summed E-state index contributed by atoms with van der Waals surface area (Å²) < 4.78 is 0. The molecular formula is C15H25N. The molecule has 1 rings (SSSR count). The van der Waals surface area contributed by atoms with Gasteiger partial charge in [-0.25, -0.2) is 0 Å². The number of aromatic nitrogens is 1. The van der Waals surface area contributed by atoms with Crippen molar-refractivity contribution in [2.75, 3.05) is 0 Å². The van der Waals surface area contributed by atoms with Crippen LogP contribution in [0.4, 0.5) is 0 Å². The van der Waals surface area contributed by atoms with Gasteiger partial charge in [-0.3, -0.25) is 4.98 Å². The largest absolute Gasteiger partial charge is 0.261 e. The highest BCUT2D eigenvalue weighted by Gasteiger charge is 2.13. The first-order valence-corrected chi connectivity index (χ1v) is 6.65. The molecule has 1 aromatic heterocycles. The number of pyridine rings is 1. The molecule has 1 unspecified atom stereocenters. The SMILES string of the molecule is CCCCc1nccc(C)c1C(C)CCC. The van der Waals surface area contributed by atoms with E-state index in [4.69, 9.17) is 0 Å². The van der Waals surface area contributed by atoms with Crippen LogP contribution in [0.1, 0.15) is 69.2 Å². The number of rotatable bonds is 6. The third-order valence-corrected chi connectivity index (χ3v) is 3.27. The van der Waals surface area contributed by atoms with E-state index in [1.54, 1.807) is 0 Å². The summed E-state index contributed by atoms with van der Waals surface area (Å²) in [7, 11) is 0. The molecule has 0 spiro atoms. The summed E-state index contributed by atoms with van der Waals surface area (Å²) in [5, 5.41) is 0. The monoisotopic (exact) mass is 219 g/mol. The second kappa shape index (κ2) is 6.67. The molecule has 1 atom stereocenters. The molecule has 0 saturated heterocycles. The predicted molar refractivity (Wildman–Crippen MR) is 70.9 cm³/mol. The Kier molecular flexibility index (Phi) is 5.51. The van der Waals surface area contributed by atoms with E-state index in [1.807, 2.05) is 6.20 Å². The van der Waals surface area contributed by atoms with Crippen molar-refractivity contribution in [2.24, 2.45) is 0 Å². The number of nitrogens with zero attached hydrogens (tertiary/aromatic N) is 1. The number of hydrogen-bond acceptors (Lipinski definition) is 1. The molecule has 0 aromatic carbocycles. The Hall–Kier alpha value is -0.850. The normalized spacial score (nSPS) is 12.8. The average Bonchev–Trinajstić information content (AvgIpc) is 2.26. The molecule has 1 heterocycles. The third-order valence-electron chi connectivity index (χ3n) is 3.27. The minimum atomic E-state index is 0.658. The third kappa shape index (κ3) is 3.33. The molecule has 1 nitrogen and oxygen atoms in total. The molecule has 0 saturated carbocycles. The van der Waals surface area contributed by atoms with Gasteiger partial charge in [-0.2, -0.15) is 0 Å². The van der Waals surface area contributed by atoms with Crippen LogP contribution in [0.2, 0.25) is 0 Å². The van der Waals surface area contributed by atoms with Crippen LogP contribution in [0.25, 0.3) is 0 Å². The van der Waals surface area contributed by atoms with Crippen molar-refractivity contribution < 1.29 is 0 Å². The lowest BCUT2D eigenvalue weighted by Gasteiger charge is -2.17. The molecule has 1 heteroatoms. The summed E-state index contributed by atoms with van der Waals surface area (Å²) in [6, 6.07) is 2.15. The molecule has 0 radical (unpaired) electrons. The highest BCUT2D eigenvalue weighted by atomic mass is 14.7. The van der Waals surface area contributed by atoms with Crippen LogP contribution in [0.15, 0.2) is 12.3 Å². The van der Waals surface area contributed by atoms with Crippen LogP contribution in [-0.2, 0) is 6.42 Å². The fraction of sp³-hybridized carbons (Fsp3) is 0.667. The van der Waals surface area contributed by atoms with Gasteiger partial charge >= 0.3 is 0 Å². The van der Waals surface area contributed by atoms with Crippen molar-refractivity contribution in [1.82, 2.24) is 4.98 Å². The summed E-state index contributed by atoms with van der Waals surface area (Å²) >= 11 is 0. The highest BCUT2D eigenvalue weighted by Crippen LogP contribution is 2.27. The molecule has 0 aliphatic carbocycles. The van der Waals surface area contributed by atoms with E-state index in [0.29, 0.717) is 5.92 Å². The quantitative estimate of drug-likeness (QED) is 0.679. The van der Waals surface area contributed by atoms with Crippen LogP contribution in [0.5, 0.6) is 0 Å².